The number of hydrogen-bond acceptors (Lipinski definition) is 4. The van der Waals surface area contributed by atoms with Gasteiger partial charge in [-0.1, -0.05) is 6.92 Å². The molecule has 1 aliphatic heterocycles. The molecular formula is C20H26FN3O3. The molecule has 0 radical (unpaired) electrons. The van der Waals surface area contributed by atoms with Crippen molar-refractivity contribution in [3.63, 3.8) is 0 Å². The Hall–Kier alpha value is -2.41. The van der Waals surface area contributed by atoms with Crippen LogP contribution in [0.1, 0.15) is 44.5 Å². The highest BCUT2D eigenvalue weighted by atomic mass is 19.1. The van der Waals surface area contributed by atoms with Crippen LogP contribution in [-0.4, -0.2) is 41.3 Å². The number of hydrogen-bond donors (Lipinski definition) is 2. The molecule has 1 saturated heterocycles. The maximum Gasteiger partial charge on any atom is 0.341 e. The molecule has 1 aromatic carbocycles. The number of carbonyl (C=O) groups is 1. The largest absolute Gasteiger partial charge is 0.477 e. The highest BCUT2D eigenvalue weighted by molar-refractivity contribution is 5.93. The van der Waals surface area contributed by atoms with Crippen LogP contribution in [0.25, 0.3) is 10.9 Å². The molecule has 1 unspecified atom stereocenters. The molecule has 6 nitrogen and oxygen atoms in total. The number of carboxylic acid groups (broad SMARTS) is 1. The summed E-state index contributed by atoms with van der Waals surface area (Å²) in [4.78, 5) is 26.1. The minimum absolute atomic E-state index is 0.0910. The van der Waals surface area contributed by atoms with E-state index >= 15 is 0 Å². The van der Waals surface area contributed by atoms with E-state index in [4.69, 9.17) is 0 Å². The van der Waals surface area contributed by atoms with Crippen LogP contribution in [0.5, 0.6) is 0 Å². The first-order valence-corrected chi connectivity index (χ1v) is 9.24. The summed E-state index contributed by atoms with van der Waals surface area (Å²) in [6.07, 6.45) is 2.31. The van der Waals surface area contributed by atoms with Gasteiger partial charge in [-0.3, -0.25) is 4.79 Å². The number of anilines is 1. The van der Waals surface area contributed by atoms with Crippen molar-refractivity contribution in [1.29, 1.82) is 0 Å². The number of pyridine rings is 1. The van der Waals surface area contributed by atoms with Gasteiger partial charge in [0.1, 0.15) is 11.4 Å². The predicted molar refractivity (Wildman–Crippen MR) is 104 cm³/mol. The Balaban J connectivity index is 2.25. The molecule has 1 aliphatic rings. The van der Waals surface area contributed by atoms with Crippen molar-refractivity contribution in [1.82, 2.24) is 9.88 Å². The predicted octanol–water partition coefficient (Wildman–Crippen LogP) is 2.78. The van der Waals surface area contributed by atoms with E-state index < -0.39 is 22.8 Å². The van der Waals surface area contributed by atoms with Gasteiger partial charge >= 0.3 is 5.97 Å². The van der Waals surface area contributed by atoms with E-state index in [0.29, 0.717) is 24.3 Å². The number of rotatable bonds is 3. The van der Waals surface area contributed by atoms with Crippen molar-refractivity contribution >= 4 is 22.6 Å². The Kier molecular flexibility index (Phi) is 4.99. The highest BCUT2D eigenvalue weighted by Gasteiger charge is 2.25. The average molecular weight is 375 g/mol. The number of nitrogens with zero attached hydrogens (tertiary/aromatic N) is 2. The van der Waals surface area contributed by atoms with Crippen LogP contribution in [0.4, 0.5) is 10.1 Å². The Morgan fingerprint density at radius 3 is 2.67 bits per heavy atom. The fraction of sp³-hybridized carbons (Fsp3) is 0.500. The molecule has 1 atom stereocenters. The minimum atomic E-state index is -1.31. The second kappa shape index (κ2) is 6.96. The number of halogens is 1. The number of aromatic nitrogens is 1. The third kappa shape index (κ3) is 3.56. The van der Waals surface area contributed by atoms with Gasteiger partial charge in [-0.25, -0.2) is 9.18 Å². The van der Waals surface area contributed by atoms with E-state index in [-0.39, 0.29) is 17.0 Å². The van der Waals surface area contributed by atoms with Crippen molar-refractivity contribution in [3.05, 3.63) is 39.9 Å². The highest BCUT2D eigenvalue weighted by Crippen LogP contribution is 2.29. The fourth-order valence-electron chi connectivity index (χ4n) is 3.60. The van der Waals surface area contributed by atoms with Crippen molar-refractivity contribution in [3.8, 4) is 0 Å². The Morgan fingerprint density at radius 1 is 1.37 bits per heavy atom. The van der Waals surface area contributed by atoms with Crippen LogP contribution in [0.3, 0.4) is 0 Å². The molecule has 0 saturated carbocycles. The first-order valence-electron chi connectivity index (χ1n) is 9.24. The molecule has 7 heteroatoms. The fourth-order valence-corrected chi connectivity index (χ4v) is 3.60. The Labute approximate surface area is 157 Å². The lowest BCUT2D eigenvalue weighted by atomic mass is 10.0. The molecule has 0 amide bonds. The smallest absolute Gasteiger partial charge is 0.341 e. The molecule has 27 heavy (non-hydrogen) atoms. The normalized spacial score (nSPS) is 18.1. The maximum absolute atomic E-state index is 14.9. The third-order valence-corrected chi connectivity index (χ3v) is 5.11. The van der Waals surface area contributed by atoms with Gasteiger partial charge in [-0.05, 0) is 39.3 Å². The molecule has 146 valence electrons. The summed E-state index contributed by atoms with van der Waals surface area (Å²) in [5.74, 6) is -1.81. The molecule has 2 N–H and O–H groups in total. The summed E-state index contributed by atoms with van der Waals surface area (Å²) in [5, 5.41) is 12.9. The SMILES string of the molecule is CCC1CN(c2cc3c(cc2F)c(=O)c(C(=O)O)cn3C(C)(C)C)CCN1. The molecule has 3 rings (SSSR count). The zero-order valence-electron chi connectivity index (χ0n) is 16.2. The maximum atomic E-state index is 14.9. The number of aromatic carboxylic acids is 1. The van der Waals surface area contributed by atoms with Crippen molar-refractivity contribution in [2.75, 3.05) is 24.5 Å². The van der Waals surface area contributed by atoms with Gasteiger partial charge in [0.25, 0.3) is 0 Å². The lowest BCUT2D eigenvalue weighted by molar-refractivity contribution is 0.0694. The van der Waals surface area contributed by atoms with Crippen LogP contribution in [0.2, 0.25) is 0 Å². The zero-order chi connectivity index (χ0) is 19.9. The molecule has 0 bridgehead atoms. The number of carboxylic acids is 1. The van der Waals surface area contributed by atoms with E-state index in [9.17, 15) is 19.1 Å². The van der Waals surface area contributed by atoms with E-state index in [2.05, 4.69) is 12.2 Å². The summed E-state index contributed by atoms with van der Waals surface area (Å²) in [6.45, 7) is 9.97. The molecule has 2 aromatic rings. The van der Waals surface area contributed by atoms with Gasteiger partial charge in [-0.15, -0.1) is 0 Å². The number of nitrogens with one attached hydrogen (secondary N) is 1. The van der Waals surface area contributed by atoms with Gasteiger partial charge in [-0.2, -0.15) is 0 Å². The van der Waals surface area contributed by atoms with Crippen LogP contribution < -0.4 is 15.6 Å². The zero-order valence-corrected chi connectivity index (χ0v) is 16.2. The quantitative estimate of drug-likeness (QED) is 0.863. The molecule has 0 aliphatic carbocycles. The first kappa shape index (κ1) is 19.4. The van der Waals surface area contributed by atoms with Crippen LogP contribution in [-0.2, 0) is 5.54 Å². The van der Waals surface area contributed by atoms with Crippen LogP contribution in [0.15, 0.2) is 23.1 Å². The lowest BCUT2D eigenvalue weighted by Crippen LogP contribution is -2.50. The van der Waals surface area contributed by atoms with Gasteiger partial charge in [0, 0.05) is 42.8 Å². The van der Waals surface area contributed by atoms with Crippen molar-refractivity contribution < 1.29 is 14.3 Å². The van der Waals surface area contributed by atoms with Crippen molar-refractivity contribution in [2.45, 2.75) is 45.7 Å². The topological polar surface area (TPSA) is 74.6 Å². The summed E-state index contributed by atoms with van der Waals surface area (Å²) in [7, 11) is 0. The second-order valence-electron chi connectivity index (χ2n) is 8.04. The number of benzene rings is 1. The molecule has 1 fully saturated rings. The summed E-state index contributed by atoms with van der Waals surface area (Å²) >= 11 is 0. The van der Waals surface area contributed by atoms with Crippen molar-refractivity contribution in [2.24, 2.45) is 0 Å². The molecule has 1 aromatic heterocycles. The van der Waals surface area contributed by atoms with Crippen LogP contribution in [0, 0.1) is 5.82 Å². The van der Waals surface area contributed by atoms with E-state index in [0.717, 1.165) is 13.0 Å². The first-order chi connectivity index (χ1) is 12.6. The second-order valence-corrected chi connectivity index (χ2v) is 8.04. The van der Waals surface area contributed by atoms with Gasteiger partial charge in [0.05, 0.1) is 11.2 Å². The molecule has 2 heterocycles. The average Bonchev–Trinajstić information content (AvgIpc) is 2.60. The summed E-state index contributed by atoms with van der Waals surface area (Å²) in [6, 6.07) is 3.15. The van der Waals surface area contributed by atoms with Crippen LogP contribution >= 0.6 is 0 Å². The third-order valence-electron chi connectivity index (χ3n) is 5.11. The lowest BCUT2D eigenvalue weighted by Gasteiger charge is -2.35. The summed E-state index contributed by atoms with van der Waals surface area (Å²) in [5.41, 5.74) is -0.489. The van der Waals surface area contributed by atoms with Gasteiger partial charge < -0.3 is 19.9 Å². The molecule has 0 spiro atoms. The van der Waals surface area contributed by atoms with E-state index in [1.807, 2.05) is 25.7 Å². The van der Waals surface area contributed by atoms with Gasteiger partial charge in [0.2, 0.25) is 5.43 Å². The van der Waals surface area contributed by atoms with E-state index in [1.54, 1.807) is 10.6 Å². The molecular weight excluding hydrogens is 349 g/mol. The Bertz CT molecular complexity index is 946. The van der Waals surface area contributed by atoms with Gasteiger partial charge in [0.15, 0.2) is 0 Å². The summed E-state index contributed by atoms with van der Waals surface area (Å²) < 4.78 is 16.7. The number of piperazine rings is 1. The Morgan fingerprint density at radius 2 is 2.07 bits per heavy atom. The number of fused-ring (bicyclic) bond motifs is 1. The minimum Gasteiger partial charge on any atom is -0.477 e. The monoisotopic (exact) mass is 375 g/mol. The van der Waals surface area contributed by atoms with E-state index in [1.165, 1.54) is 12.3 Å². The standard InChI is InChI=1S/C20H26FN3O3/c1-5-12-10-23(7-6-22-12)17-9-16-13(8-15(17)21)18(25)14(19(26)27)11-24(16)20(2,3)4/h8-9,11-12,22H,5-7,10H2,1-4H3,(H,26,27).